The summed E-state index contributed by atoms with van der Waals surface area (Å²) >= 11 is 0. The van der Waals surface area contributed by atoms with Gasteiger partial charge in [-0.05, 0) is 63.7 Å². The first kappa shape index (κ1) is 17.6. The lowest BCUT2D eigenvalue weighted by atomic mass is 9.96. The van der Waals surface area contributed by atoms with Gasteiger partial charge in [0.25, 0.3) is 0 Å². The average molecular weight is 325 g/mol. The Balaban J connectivity index is 0.00000176. The maximum absolute atomic E-state index is 6.11. The van der Waals surface area contributed by atoms with Crippen LogP contribution in [-0.4, -0.2) is 43.7 Å². The van der Waals surface area contributed by atoms with Crippen molar-refractivity contribution in [3.63, 3.8) is 0 Å². The van der Waals surface area contributed by atoms with Crippen molar-refractivity contribution in [3.8, 4) is 5.75 Å². The molecule has 1 aromatic carbocycles. The molecular weight excluding hydrogens is 296 g/mol. The van der Waals surface area contributed by atoms with E-state index in [9.17, 15) is 0 Å². The normalized spacial score (nSPS) is 21.3. The predicted octanol–water partition coefficient (Wildman–Crippen LogP) is 3.26. The number of nitrogens with zero attached hydrogens (tertiary/aromatic N) is 1. The summed E-state index contributed by atoms with van der Waals surface area (Å²) in [6.45, 7) is 8.21. The predicted molar refractivity (Wildman–Crippen MR) is 94.1 cm³/mol. The highest BCUT2D eigenvalue weighted by atomic mass is 35.5. The van der Waals surface area contributed by atoms with Gasteiger partial charge in [-0.1, -0.05) is 17.7 Å². The lowest BCUT2D eigenvalue weighted by Crippen LogP contribution is -2.42. The zero-order chi connectivity index (χ0) is 14.5. The highest BCUT2D eigenvalue weighted by molar-refractivity contribution is 5.85. The number of piperidine rings is 2. The molecule has 2 fully saturated rings. The second-order valence-corrected chi connectivity index (χ2v) is 6.62. The van der Waals surface area contributed by atoms with Crippen molar-refractivity contribution >= 4 is 12.4 Å². The molecule has 2 heterocycles. The van der Waals surface area contributed by atoms with E-state index in [1.807, 2.05) is 0 Å². The number of ether oxygens (including phenoxy) is 1. The van der Waals surface area contributed by atoms with Gasteiger partial charge in [0, 0.05) is 19.6 Å². The largest absolute Gasteiger partial charge is 0.490 e. The van der Waals surface area contributed by atoms with Gasteiger partial charge in [-0.2, -0.15) is 0 Å². The highest BCUT2D eigenvalue weighted by Crippen LogP contribution is 2.21. The molecule has 0 radical (unpaired) electrons. The number of aryl methyl sites for hydroxylation is 1. The third kappa shape index (κ3) is 5.15. The van der Waals surface area contributed by atoms with Crippen molar-refractivity contribution < 1.29 is 4.74 Å². The Hall–Kier alpha value is -0.770. The fourth-order valence-electron chi connectivity index (χ4n) is 3.45. The van der Waals surface area contributed by atoms with Gasteiger partial charge in [0.2, 0.25) is 0 Å². The molecule has 3 rings (SSSR count). The van der Waals surface area contributed by atoms with Crippen LogP contribution >= 0.6 is 12.4 Å². The van der Waals surface area contributed by atoms with Gasteiger partial charge < -0.3 is 15.0 Å². The SMILES string of the molecule is Cc1ccc(OC2CCN(CC3CCNCC3)CC2)cc1.Cl. The third-order valence-electron chi connectivity index (χ3n) is 4.83. The van der Waals surface area contributed by atoms with E-state index in [0.717, 1.165) is 11.7 Å². The summed E-state index contributed by atoms with van der Waals surface area (Å²) in [7, 11) is 0. The average Bonchev–Trinajstić information content (AvgIpc) is 2.53. The molecule has 22 heavy (non-hydrogen) atoms. The van der Waals surface area contributed by atoms with Crippen LogP contribution in [0.3, 0.4) is 0 Å². The molecule has 3 nitrogen and oxygen atoms in total. The maximum Gasteiger partial charge on any atom is 0.119 e. The summed E-state index contributed by atoms with van der Waals surface area (Å²) in [6.07, 6.45) is 5.43. The Morgan fingerprint density at radius 2 is 1.68 bits per heavy atom. The third-order valence-corrected chi connectivity index (χ3v) is 4.83. The van der Waals surface area contributed by atoms with E-state index in [0.29, 0.717) is 6.10 Å². The lowest BCUT2D eigenvalue weighted by molar-refractivity contribution is 0.0873. The van der Waals surface area contributed by atoms with E-state index in [1.165, 1.54) is 64.0 Å². The summed E-state index contributed by atoms with van der Waals surface area (Å²) < 4.78 is 6.11. The highest BCUT2D eigenvalue weighted by Gasteiger charge is 2.23. The maximum atomic E-state index is 6.11. The van der Waals surface area contributed by atoms with E-state index in [4.69, 9.17) is 4.74 Å². The van der Waals surface area contributed by atoms with Crippen molar-refractivity contribution in [2.45, 2.75) is 38.7 Å². The molecule has 1 aromatic rings. The van der Waals surface area contributed by atoms with Crippen molar-refractivity contribution in [3.05, 3.63) is 29.8 Å². The van der Waals surface area contributed by atoms with E-state index in [1.54, 1.807) is 0 Å². The Labute approximate surface area is 140 Å². The van der Waals surface area contributed by atoms with Gasteiger partial charge in [-0.3, -0.25) is 0 Å². The summed E-state index contributed by atoms with van der Waals surface area (Å²) in [6, 6.07) is 8.44. The molecule has 0 saturated carbocycles. The molecule has 2 aliphatic rings. The standard InChI is InChI=1S/C18H28N2O.ClH/c1-15-2-4-17(5-3-15)21-18-8-12-20(13-9-18)14-16-6-10-19-11-7-16;/h2-5,16,18-19H,6-14H2,1H3;1H. The summed E-state index contributed by atoms with van der Waals surface area (Å²) in [5, 5.41) is 3.45. The molecule has 0 unspecified atom stereocenters. The first-order chi connectivity index (χ1) is 10.3. The summed E-state index contributed by atoms with van der Waals surface area (Å²) in [5.74, 6) is 1.93. The number of benzene rings is 1. The van der Waals surface area contributed by atoms with Crippen LogP contribution < -0.4 is 10.1 Å². The molecule has 0 atom stereocenters. The van der Waals surface area contributed by atoms with Gasteiger partial charge in [-0.15, -0.1) is 12.4 Å². The number of hydrogen-bond donors (Lipinski definition) is 1. The first-order valence-electron chi connectivity index (χ1n) is 8.46. The van der Waals surface area contributed by atoms with Gasteiger partial charge in [0.05, 0.1) is 0 Å². The minimum Gasteiger partial charge on any atom is -0.490 e. The van der Waals surface area contributed by atoms with Crippen LogP contribution in [0.2, 0.25) is 0 Å². The minimum absolute atomic E-state index is 0. The van der Waals surface area contributed by atoms with Crippen molar-refractivity contribution in [2.75, 3.05) is 32.7 Å². The Morgan fingerprint density at radius 1 is 1.05 bits per heavy atom. The summed E-state index contributed by atoms with van der Waals surface area (Å²) in [5.41, 5.74) is 1.29. The minimum atomic E-state index is 0. The van der Waals surface area contributed by atoms with Crippen LogP contribution in [0, 0.1) is 12.8 Å². The molecule has 2 aliphatic heterocycles. The molecule has 0 amide bonds. The summed E-state index contributed by atoms with van der Waals surface area (Å²) in [4.78, 5) is 2.64. The van der Waals surface area contributed by atoms with Gasteiger partial charge in [-0.25, -0.2) is 0 Å². The van der Waals surface area contributed by atoms with Crippen LogP contribution in [0.1, 0.15) is 31.2 Å². The quantitative estimate of drug-likeness (QED) is 0.920. The van der Waals surface area contributed by atoms with E-state index in [2.05, 4.69) is 41.4 Å². The number of hydrogen-bond acceptors (Lipinski definition) is 3. The smallest absolute Gasteiger partial charge is 0.119 e. The Morgan fingerprint density at radius 3 is 2.32 bits per heavy atom. The molecule has 2 saturated heterocycles. The molecule has 0 bridgehead atoms. The fraction of sp³-hybridized carbons (Fsp3) is 0.667. The van der Waals surface area contributed by atoms with E-state index >= 15 is 0 Å². The molecule has 4 heteroatoms. The van der Waals surface area contributed by atoms with Crippen LogP contribution in [-0.2, 0) is 0 Å². The van der Waals surface area contributed by atoms with Crippen LogP contribution in [0.5, 0.6) is 5.75 Å². The van der Waals surface area contributed by atoms with Crippen molar-refractivity contribution in [1.29, 1.82) is 0 Å². The van der Waals surface area contributed by atoms with E-state index in [-0.39, 0.29) is 12.4 Å². The topological polar surface area (TPSA) is 24.5 Å². The Kier molecular flexibility index (Phi) is 7.00. The molecule has 0 spiro atoms. The molecule has 124 valence electrons. The van der Waals surface area contributed by atoms with Crippen molar-refractivity contribution in [1.82, 2.24) is 10.2 Å². The Bertz CT molecular complexity index is 423. The van der Waals surface area contributed by atoms with Crippen LogP contribution in [0.25, 0.3) is 0 Å². The number of halogens is 1. The fourth-order valence-corrected chi connectivity index (χ4v) is 3.45. The van der Waals surface area contributed by atoms with Gasteiger partial charge in [0.15, 0.2) is 0 Å². The molecule has 0 aliphatic carbocycles. The molecular formula is C18H29ClN2O. The number of rotatable bonds is 4. The molecule has 1 N–H and O–H groups in total. The lowest BCUT2D eigenvalue weighted by Gasteiger charge is -2.35. The number of likely N-dealkylation sites (tertiary alicyclic amines) is 1. The van der Waals surface area contributed by atoms with Gasteiger partial charge >= 0.3 is 0 Å². The second kappa shape index (κ2) is 8.76. The zero-order valence-electron chi connectivity index (χ0n) is 13.6. The first-order valence-corrected chi connectivity index (χ1v) is 8.46. The molecule has 0 aromatic heterocycles. The van der Waals surface area contributed by atoms with Crippen molar-refractivity contribution in [2.24, 2.45) is 5.92 Å². The zero-order valence-corrected chi connectivity index (χ0v) is 14.4. The monoisotopic (exact) mass is 324 g/mol. The van der Waals surface area contributed by atoms with Crippen LogP contribution in [0.15, 0.2) is 24.3 Å². The van der Waals surface area contributed by atoms with E-state index < -0.39 is 0 Å². The number of nitrogens with one attached hydrogen (secondary N) is 1. The van der Waals surface area contributed by atoms with Gasteiger partial charge in [0.1, 0.15) is 11.9 Å². The second-order valence-electron chi connectivity index (χ2n) is 6.62. The van der Waals surface area contributed by atoms with Crippen LogP contribution in [0.4, 0.5) is 0 Å².